The summed E-state index contributed by atoms with van der Waals surface area (Å²) in [7, 11) is 0. The summed E-state index contributed by atoms with van der Waals surface area (Å²) in [4.78, 5) is 0. The minimum absolute atomic E-state index is 0.325. The van der Waals surface area contributed by atoms with E-state index in [9.17, 15) is 10.2 Å². The summed E-state index contributed by atoms with van der Waals surface area (Å²) in [5.74, 6) is 0.660. The fourth-order valence-electron chi connectivity index (χ4n) is 1.96. The average Bonchev–Trinajstić information content (AvgIpc) is 2.38. The normalized spacial score (nSPS) is 11.1. The molecule has 0 aromatic heterocycles. The SMILES string of the molecule is Cc1cc(/C=C\Cc2ccc(O)c(C)c2)ccc1O. The van der Waals surface area contributed by atoms with E-state index in [1.165, 1.54) is 5.56 Å². The highest BCUT2D eigenvalue weighted by Crippen LogP contribution is 2.19. The van der Waals surface area contributed by atoms with Crippen LogP contribution >= 0.6 is 0 Å². The quantitative estimate of drug-likeness (QED) is 0.870. The molecule has 0 saturated heterocycles. The zero-order valence-electron chi connectivity index (χ0n) is 11.2. The van der Waals surface area contributed by atoms with Crippen molar-refractivity contribution >= 4 is 6.08 Å². The molecule has 0 amide bonds. The van der Waals surface area contributed by atoms with Crippen LogP contribution in [0, 0.1) is 13.8 Å². The van der Waals surface area contributed by atoms with Crippen molar-refractivity contribution in [3.8, 4) is 11.5 Å². The fourth-order valence-corrected chi connectivity index (χ4v) is 1.96. The molecule has 0 atom stereocenters. The Bertz CT molecular complexity index is 613. The van der Waals surface area contributed by atoms with Crippen LogP contribution in [-0.4, -0.2) is 10.2 Å². The second kappa shape index (κ2) is 5.61. The van der Waals surface area contributed by atoms with Gasteiger partial charge in [-0.05, 0) is 60.7 Å². The molecule has 0 spiro atoms. The maximum atomic E-state index is 9.46. The molecule has 2 heteroatoms. The van der Waals surface area contributed by atoms with Crippen LogP contribution in [0.3, 0.4) is 0 Å². The third-order valence-electron chi connectivity index (χ3n) is 3.15. The van der Waals surface area contributed by atoms with Gasteiger partial charge in [0.05, 0.1) is 0 Å². The van der Waals surface area contributed by atoms with E-state index in [-0.39, 0.29) is 0 Å². The van der Waals surface area contributed by atoms with Gasteiger partial charge < -0.3 is 10.2 Å². The Hall–Kier alpha value is -2.22. The predicted octanol–water partition coefficient (Wildman–Crippen LogP) is 3.97. The van der Waals surface area contributed by atoms with Crippen molar-refractivity contribution in [3.05, 3.63) is 64.7 Å². The summed E-state index contributed by atoms with van der Waals surface area (Å²) < 4.78 is 0. The zero-order chi connectivity index (χ0) is 13.8. The fraction of sp³-hybridized carbons (Fsp3) is 0.176. The van der Waals surface area contributed by atoms with Crippen molar-refractivity contribution in [2.75, 3.05) is 0 Å². The molecule has 0 saturated carbocycles. The van der Waals surface area contributed by atoms with Gasteiger partial charge in [0.25, 0.3) is 0 Å². The Balaban J connectivity index is 2.06. The second-order valence-corrected chi connectivity index (χ2v) is 4.77. The molecular formula is C17H18O2. The first kappa shape index (κ1) is 13.2. The van der Waals surface area contributed by atoms with Crippen LogP contribution in [0.25, 0.3) is 6.08 Å². The smallest absolute Gasteiger partial charge is 0.118 e. The minimum Gasteiger partial charge on any atom is -0.508 e. The van der Waals surface area contributed by atoms with Gasteiger partial charge in [0.1, 0.15) is 11.5 Å². The van der Waals surface area contributed by atoms with E-state index < -0.39 is 0 Å². The van der Waals surface area contributed by atoms with Crippen molar-refractivity contribution in [1.29, 1.82) is 0 Å². The molecule has 98 valence electrons. The van der Waals surface area contributed by atoms with Crippen LogP contribution in [0.15, 0.2) is 42.5 Å². The van der Waals surface area contributed by atoms with Gasteiger partial charge in [-0.25, -0.2) is 0 Å². The number of phenolic OH excluding ortho intramolecular Hbond substituents is 2. The van der Waals surface area contributed by atoms with E-state index in [2.05, 4.69) is 6.08 Å². The third kappa shape index (κ3) is 3.38. The van der Waals surface area contributed by atoms with Crippen molar-refractivity contribution in [2.45, 2.75) is 20.3 Å². The Labute approximate surface area is 113 Å². The number of phenols is 2. The topological polar surface area (TPSA) is 40.5 Å². The van der Waals surface area contributed by atoms with Crippen LogP contribution < -0.4 is 0 Å². The van der Waals surface area contributed by atoms with Gasteiger partial charge in [-0.2, -0.15) is 0 Å². The first-order valence-electron chi connectivity index (χ1n) is 6.31. The van der Waals surface area contributed by atoms with E-state index >= 15 is 0 Å². The number of hydrogen-bond donors (Lipinski definition) is 2. The largest absolute Gasteiger partial charge is 0.508 e. The van der Waals surface area contributed by atoms with Crippen molar-refractivity contribution < 1.29 is 10.2 Å². The Morgan fingerprint density at radius 1 is 0.895 bits per heavy atom. The van der Waals surface area contributed by atoms with Gasteiger partial charge in [0.15, 0.2) is 0 Å². The summed E-state index contributed by atoms with van der Waals surface area (Å²) in [6.45, 7) is 3.78. The molecule has 0 heterocycles. The zero-order valence-corrected chi connectivity index (χ0v) is 11.2. The average molecular weight is 254 g/mol. The summed E-state index contributed by atoms with van der Waals surface area (Å²) in [5.41, 5.74) is 4.02. The lowest BCUT2D eigenvalue weighted by Crippen LogP contribution is -1.83. The standard InChI is InChI=1S/C17H18O2/c1-12-10-14(6-8-16(12)18)4-3-5-15-7-9-17(19)13(2)11-15/h3-4,6-11,18-19H,5H2,1-2H3/b4-3-. The van der Waals surface area contributed by atoms with Gasteiger partial charge >= 0.3 is 0 Å². The van der Waals surface area contributed by atoms with Crippen LogP contribution in [0.4, 0.5) is 0 Å². The highest BCUT2D eigenvalue weighted by molar-refractivity contribution is 5.53. The molecule has 2 nitrogen and oxygen atoms in total. The molecule has 2 aromatic rings. The predicted molar refractivity (Wildman–Crippen MR) is 78.4 cm³/mol. The molecule has 0 aliphatic rings. The van der Waals surface area contributed by atoms with Gasteiger partial charge in [0.2, 0.25) is 0 Å². The molecule has 0 bridgehead atoms. The lowest BCUT2D eigenvalue weighted by molar-refractivity contribution is 0.470. The summed E-state index contributed by atoms with van der Waals surface area (Å²) in [6, 6.07) is 11.2. The first-order valence-corrected chi connectivity index (χ1v) is 6.31. The molecule has 2 aromatic carbocycles. The number of aryl methyl sites for hydroxylation is 2. The van der Waals surface area contributed by atoms with Gasteiger partial charge in [-0.3, -0.25) is 0 Å². The van der Waals surface area contributed by atoms with E-state index in [1.807, 2.05) is 44.2 Å². The van der Waals surface area contributed by atoms with E-state index in [0.29, 0.717) is 11.5 Å². The molecule has 0 radical (unpaired) electrons. The van der Waals surface area contributed by atoms with Crippen LogP contribution in [0.1, 0.15) is 22.3 Å². The molecule has 0 fully saturated rings. The molecule has 0 aliphatic carbocycles. The maximum Gasteiger partial charge on any atom is 0.118 e. The highest BCUT2D eigenvalue weighted by Gasteiger charge is 1.97. The molecule has 2 rings (SSSR count). The highest BCUT2D eigenvalue weighted by atomic mass is 16.3. The summed E-state index contributed by atoms with van der Waals surface area (Å²) in [6.07, 6.45) is 4.94. The Morgan fingerprint density at radius 2 is 1.53 bits per heavy atom. The molecule has 19 heavy (non-hydrogen) atoms. The van der Waals surface area contributed by atoms with Crippen molar-refractivity contribution in [3.63, 3.8) is 0 Å². The van der Waals surface area contributed by atoms with E-state index in [1.54, 1.807) is 12.1 Å². The second-order valence-electron chi connectivity index (χ2n) is 4.77. The number of allylic oxidation sites excluding steroid dienone is 1. The lowest BCUT2D eigenvalue weighted by Gasteiger charge is -2.02. The minimum atomic E-state index is 0.325. The van der Waals surface area contributed by atoms with Crippen LogP contribution in [0.2, 0.25) is 0 Å². The first-order chi connectivity index (χ1) is 9.06. The van der Waals surface area contributed by atoms with Gasteiger partial charge in [0, 0.05) is 0 Å². The third-order valence-corrected chi connectivity index (χ3v) is 3.15. The lowest BCUT2D eigenvalue weighted by atomic mass is 10.1. The van der Waals surface area contributed by atoms with Crippen molar-refractivity contribution in [1.82, 2.24) is 0 Å². The number of benzene rings is 2. The molecule has 0 unspecified atom stereocenters. The van der Waals surface area contributed by atoms with Gasteiger partial charge in [-0.15, -0.1) is 0 Å². The number of rotatable bonds is 3. The molecular weight excluding hydrogens is 236 g/mol. The Morgan fingerprint density at radius 3 is 2.16 bits per heavy atom. The van der Waals surface area contributed by atoms with Gasteiger partial charge in [-0.1, -0.05) is 30.4 Å². The summed E-state index contributed by atoms with van der Waals surface area (Å²) in [5, 5.41) is 18.9. The Kier molecular flexibility index (Phi) is 3.91. The number of hydrogen-bond acceptors (Lipinski definition) is 2. The van der Waals surface area contributed by atoms with E-state index in [0.717, 1.165) is 23.1 Å². The maximum absolute atomic E-state index is 9.46. The van der Waals surface area contributed by atoms with Crippen LogP contribution in [-0.2, 0) is 6.42 Å². The van der Waals surface area contributed by atoms with E-state index in [4.69, 9.17) is 0 Å². The monoisotopic (exact) mass is 254 g/mol. The summed E-state index contributed by atoms with van der Waals surface area (Å²) >= 11 is 0. The number of aromatic hydroxyl groups is 2. The van der Waals surface area contributed by atoms with Crippen molar-refractivity contribution in [2.24, 2.45) is 0 Å². The molecule has 2 N–H and O–H groups in total. The van der Waals surface area contributed by atoms with Crippen LogP contribution in [0.5, 0.6) is 11.5 Å². The molecule has 0 aliphatic heterocycles.